The number of likely N-dealkylation sites (tertiary alicyclic amines) is 1. The molecule has 1 saturated heterocycles. The summed E-state index contributed by atoms with van der Waals surface area (Å²) in [6.45, 7) is 9.50. The van der Waals surface area contributed by atoms with E-state index in [1.165, 1.54) is 0 Å². The lowest BCUT2D eigenvalue weighted by molar-refractivity contribution is -0.146. The second-order valence-corrected chi connectivity index (χ2v) is 13.7. The number of alkyl halides is 2. The van der Waals surface area contributed by atoms with Crippen molar-refractivity contribution in [2.75, 3.05) is 6.54 Å². The maximum absolute atomic E-state index is 15.0. The van der Waals surface area contributed by atoms with Gasteiger partial charge < -0.3 is 30.7 Å². The van der Waals surface area contributed by atoms with Crippen molar-refractivity contribution >= 4 is 35.6 Å². The molecule has 260 valence electrons. The minimum absolute atomic E-state index is 0.00739. The van der Waals surface area contributed by atoms with Crippen molar-refractivity contribution < 1.29 is 47.4 Å². The van der Waals surface area contributed by atoms with Gasteiger partial charge >= 0.3 is 12.1 Å². The summed E-state index contributed by atoms with van der Waals surface area (Å²) >= 11 is 0. The molecule has 47 heavy (non-hydrogen) atoms. The van der Waals surface area contributed by atoms with Crippen molar-refractivity contribution in [2.24, 2.45) is 17.3 Å². The summed E-state index contributed by atoms with van der Waals surface area (Å²) < 4.78 is 35.2. The van der Waals surface area contributed by atoms with Gasteiger partial charge in [-0.15, -0.1) is 0 Å². The molecule has 6 atom stereocenters. The Morgan fingerprint density at radius 2 is 1.66 bits per heavy atom. The number of carboxylic acid groups (broad SMARTS) is 1. The van der Waals surface area contributed by atoms with Gasteiger partial charge in [-0.05, 0) is 43.6 Å². The van der Waals surface area contributed by atoms with Gasteiger partial charge in [0.25, 0.3) is 11.8 Å². The number of alkyl carbamates (subject to hydrolysis) is 1. The van der Waals surface area contributed by atoms with Gasteiger partial charge in [0.1, 0.15) is 18.1 Å². The highest BCUT2D eigenvalue weighted by Gasteiger charge is 2.61. The van der Waals surface area contributed by atoms with Gasteiger partial charge in [0, 0.05) is 25.3 Å². The van der Waals surface area contributed by atoms with Gasteiger partial charge in [0.15, 0.2) is 0 Å². The minimum atomic E-state index is -3.15. The average molecular weight is 665 g/mol. The number of carboxylic acids is 1. The van der Waals surface area contributed by atoms with Crippen molar-refractivity contribution in [3.8, 4) is 0 Å². The summed E-state index contributed by atoms with van der Waals surface area (Å²) in [6.07, 6.45) is -1.68. The molecule has 2 aliphatic rings. The van der Waals surface area contributed by atoms with Crippen molar-refractivity contribution in [3.63, 3.8) is 0 Å². The number of fused-ring (bicyclic) bond motifs is 1. The number of rotatable bonds is 13. The van der Waals surface area contributed by atoms with Crippen LogP contribution in [0.15, 0.2) is 30.3 Å². The zero-order chi connectivity index (χ0) is 35.3. The fourth-order valence-corrected chi connectivity index (χ4v) is 6.26. The van der Waals surface area contributed by atoms with Crippen LogP contribution in [0, 0.1) is 17.3 Å². The first-order valence-corrected chi connectivity index (χ1v) is 15.9. The van der Waals surface area contributed by atoms with Crippen molar-refractivity contribution in [1.82, 2.24) is 20.9 Å². The van der Waals surface area contributed by atoms with Gasteiger partial charge in [-0.1, -0.05) is 64.4 Å². The van der Waals surface area contributed by atoms with Crippen LogP contribution in [0.3, 0.4) is 0 Å². The Labute approximate surface area is 273 Å². The number of aliphatic carboxylic acids is 1. The van der Waals surface area contributed by atoms with Crippen LogP contribution in [0.5, 0.6) is 0 Å². The molecule has 12 nitrogen and oxygen atoms in total. The predicted molar refractivity (Wildman–Crippen MR) is 166 cm³/mol. The Hall–Kier alpha value is -4.10. The number of hydrogen-bond donors (Lipinski definition) is 4. The molecular formula is C33H46F2N4O8. The van der Waals surface area contributed by atoms with E-state index in [0.29, 0.717) is 12.0 Å². The summed E-state index contributed by atoms with van der Waals surface area (Å²) in [7, 11) is 0. The van der Waals surface area contributed by atoms with Crippen molar-refractivity contribution in [3.05, 3.63) is 35.9 Å². The van der Waals surface area contributed by atoms with Crippen LogP contribution < -0.4 is 16.0 Å². The third-order valence-corrected chi connectivity index (χ3v) is 8.59. The summed E-state index contributed by atoms with van der Waals surface area (Å²) in [5.74, 6) is -10.8. The molecule has 0 radical (unpaired) electrons. The molecule has 1 heterocycles. The Morgan fingerprint density at radius 3 is 2.21 bits per heavy atom. The molecule has 2 fully saturated rings. The number of ketones is 1. The molecule has 14 heteroatoms. The molecule has 4 N–H and O–H groups in total. The van der Waals surface area contributed by atoms with E-state index in [9.17, 15) is 33.9 Å². The first-order valence-electron chi connectivity index (χ1n) is 15.9. The number of nitrogens with zero attached hydrogens (tertiary/aromatic N) is 1. The van der Waals surface area contributed by atoms with Crippen LogP contribution in [0.25, 0.3) is 0 Å². The molecule has 1 unspecified atom stereocenters. The Kier molecular flexibility index (Phi) is 12.1. The number of carbonyl (C=O) groups is 6. The van der Waals surface area contributed by atoms with Crippen LogP contribution in [0.4, 0.5) is 13.6 Å². The molecule has 0 spiro atoms. The molecule has 1 aromatic rings. The van der Waals surface area contributed by atoms with Crippen LogP contribution in [-0.2, 0) is 35.1 Å². The number of Topliss-reactive ketones (excluding diaryl/α,β-unsaturated/α-hetero) is 1. The molecule has 0 aromatic heterocycles. The number of hydrogen-bond acceptors (Lipinski definition) is 7. The number of halogens is 2. The van der Waals surface area contributed by atoms with Crippen LogP contribution in [0.1, 0.15) is 72.8 Å². The monoisotopic (exact) mass is 664 g/mol. The van der Waals surface area contributed by atoms with Gasteiger partial charge in [0.05, 0.1) is 12.1 Å². The second kappa shape index (κ2) is 15.2. The summed E-state index contributed by atoms with van der Waals surface area (Å²) in [5.41, 5.74) is -0.298. The second-order valence-electron chi connectivity index (χ2n) is 13.7. The Bertz CT molecular complexity index is 1330. The van der Waals surface area contributed by atoms with E-state index in [1.54, 1.807) is 71.9 Å². The lowest BCUT2D eigenvalue weighted by Crippen LogP contribution is -2.60. The van der Waals surface area contributed by atoms with E-state index in [0.717, 1.165) is 4.90 Å². The molecule has 4 amide bonds. The van der Waals surface area contributed by atoms with E-state index in [1.807, 2.05) is 0 Å². The van der Waals surface area contributed by atoms with E-state index in [-0.39, 0.29) is 19.3 Å². The van der Waals surface area contributed by atoms with Crippen molar-refractivity contribution in [2.45, 2.75) is 110 Å². The smallest absolute Gasteiger partial charge is 0.408 e. The Morgan fingerprint density at radius 1 is 1.02 bits per heavy atom. The van der Waals surface area contributed by atoms with E-state index >= 15 is 8.78 Å². The largest absolute Gasteiger partial charge is 0.480 e. The molecule has 1 saturated carbocycles. The third-order valence-electron chi connectivity index (χ3n) is 8.59. The lowest BCUT2D eigenvalue weighted by atomic mass is 9.85. The third kappa shape index (κ3) is 9.25. The number of nitrogens with one attached hydrogen (secondary N) is 3. The molecule has 0 bridgehead atoms. The fourth-order valence-electron chi connectivity index (χ4n) is 6.26. The normalized spacial score (nSPS) is 22.1. The van der Waals surface area contributed by atoms with Crippen molar-refractivity contribution in [1.29, 1.82) is 0 Å². The van der Waals surface area contributed by atoms with Gasteiger partial charge in [-0.25, -0.2) is 18.4 Å². The van der Waals surface area contributed by atoms with E-state index in [2.05, 4.69) is 16.0 Å². The van der Waals surface area contributed by atoms with Gasteiger partial charge in [0.2, 0.25) is 17.6 Å². The quantitative estimate of drug-likeness (QED) is 0.233. The minimum Gasteiger partial charge on any atom is -0.480 e. The highest BCUT2D eigenvalue weighted by Crippen LogP contribution is 2.51. The standard InChI is InChI=1S/C33H46F2N4O8/c1-7-11-22(25(40)28(42)37-23(30(44)45)16-19-12-9-8-10-13-19)36-27(41)24-20-14-15-33(34,35)21(20)17-39(24)29(43)26(32(4,5)6)38-31(46)47-18(2)3/h8-10,12-13,18,20-24,26H,7,11,14-17H2,1-6H3,(H,36,41)(H,37,42)(H,38,46)(H,44,45)/t20-,21-,22?,23+,24-,26+/m0/s1. The van der Waals surface area contributed by atoms with E-state index in [4.69, 9.17) is 4.74 Å². The van der Waals surface area contributed by atoms with Crippen LogP contribution in [0.2, 0.25) is 0 Å². The molecule has 1 aliphatic carbocycles. The molecule has 3 rings (SSSR count). The van der Waals surface area contributed by atoms with Crippen LogP contribution in [-0.4, -0.2) is 88.3 Å². The average Bonchev–Trinajstić information content (AvgIpc) is 3.51. The topological polar surface area (TPSA) is 171 Å². The highest BCUT2D eigenvalue weighted by atomic mass is 19.3. The fraction of sp³-hybridized carbons (Fsp3) is 0.636. The van der Waals surface area contributed by atoms with Gasteiger partial charge in [-0.2, -0.15) is 0 Å². The van der Waals surface area contributed by atoms with Crippen LogP contribution >= 0.6 is 0 Å². The molecule has 1 aliphatic heterocycles. The zero-order valence-electron chi connectivity index (χ0n) is 27.7. The number of benzene rings is 1. The first kappa shape index (κ1) is 37.4. The first-order chi connectivity index (χ1) is 21.9. The number of carbonyl (C=O) groups excluding carboxylic acids is 5. The SMILES string of the molecule is CCCC(NC(=O)[C@@H]1[C@H]2CCC(F)(F)[C@H]2CN1C(=O)[C@@H](NC(=O)OC(C)C)C(C)(C)C)C(=O)C(=O)N[C@H](Cc1ccccc1)C(=O)O. The maximum atomic E-state index is 15.0. The highest BCUT2D eigenvalue weighted by molar-refractivity contribution is 6.38. The predicted octanol–water partition coefficient (Wildman–Crippen LogP) is 3.07. The number of ether oxygens (including phenoxy) is 1. The zero-order valence-corrected chi connectivity index (χ0v) is 27.7. The molecular weight excluding hydrogens is 618 g/mol. The molecule has 1 aromatic carbocycles. The summed E-state index contributed by atoms with van der Waals surface area (Å²) in [5, 5.41) is 16.9. The lowest BCUT2D eigenvalue weighted by Gasteiger charge is -2.36. The summed E-state index contributed by atoms with van der Waals surface area (Å²) in [6, 6.07) is 3.00. The maximum Gasteiger partial charge on any atom is 0.408 e. The van der Waals surface area contributed by atoms with Gasteiger partial charge in [-0.3, -0.25) is 19.2 Å². The summed E-state index contributed by atoms with van der Waals surface area (Å²) in [4.78, 5) is 79.6. The van der Waals surface area contributed by atoms with E-state index < -0.39 is 102 Å². The number of amides is 4. The Balaban J connectivity index is 1.86.